The van der Waals surface area contributed by atoms with Gasteiger partial charge < -0.3 is 4.90 Å². The quantitative estimate of drug-likeness (QED) is 0.835. The summed E-state index contributed by atoms with van der Waals surface area (Å²) in [6, 6.07) is 6.37. The predicted molar refractivity (Wildman–Crippen MR) is 81.7 cm³/mol. The normalized spacial score (nSPS) is 15.7. The van der Waals surface area contributed by atoms with Gasteiger partial charge in [-0.3, -0.25) is 4.79 Å². The molecule has 1 fully saturated rings. The zero-order chi connectivity index (χ0) is 15.5. The van der Waals surface area contributed by atoms with Crippen molar-refractivity contribution in [3.63, 3.8) is 0 Å². The second-order valence-electron chi connectivity index (χ2n) is 5.12. The molecule has 0 aromatic heterocycles. The van der Waals surface area contributed by atoms with E-state index in [0.29, 0.717) is 18.7 Å². The number of carbonyl (C=O) groups is 1. The van der Waals surface area contributed by atoms with Crippen molar-refractivity contribution in [2.75, 3.05) is 26.2 Å². The van der Waals surface area contributed by atoms with E-state index in [1.807, 2.05) is 0 Å². The van der Waals surface area contributed by atoms with Crippen LogP contribution in [0.4, 0.5) is 0 Å². The first-order valence-electron chi connectivity index (χ1n) is 7.40. The third kappa shape index (κ3) is 3.27. The molecule has 116 valence electrons. The van der Waals surface area contributed by atoms with Crippen molar-refractivity contribution in [2.24, 2.45) is 0 Å². The lowest BCUT2D eigenvalue weighted by atomic mass is 10.2. The van der Waals surface area contributed by atoms with Crippen molar-refractivity contribution in [3.8, 4) is 0 Å². The molecule has 6 heteroatoms. The molecule has 1 aromatic rings. The molecule has 0 radical (unpaired) electrons. The molecule has 0 atom stereocenters. The number of likely N-dealkylation sites (tertiary alicyclic amines) is 1. The van der Waals surface area contributed by atoms with Crippen LogP contribution in [0.15, 0.2) is 29.2 Å². The highest BCUT2D eigenvalue weighted by Crippen LogP contribution is 2.19. The third-order valence-electron chi connectivity index (χ3n) is 3.82. The molecule has 1 aliphatic heterocycles. The molecule has 2 rings (SSSR count). The third-order valence-corrected chi connectivity index (χ3v) is 5.86. The van der Waals surface area contributed by atoms with Crippen LogP contribution in [0, 0.1) is 0 Å². The number of carbonyl (C=O) groups excluding carboxylic acids is 1. The van der Waals surface area contributed by atoms with Gasteiger partial charge in [0.25, 0.3) is 5.91 Å². The Labute approximate surface area is 126 Å². The van der Waals surface area contributed by atoms with Crippen LogP contribution in [-0.4, -0.2) is 49.7 Å². The molecule has 21 heavy (non-hydrogen) atoms. The highest BCUT2D eigenvalue weighted by Gasteiger charge is 2.24. The summed E-state index contributed by atoms with van der Waals surface area (Å²) >= 11 is 0. The summed E-state index contributed by atoms with van der Waals surface area (Å²) in [7, 11) is -3.52. The van der Waals surface area contributed by atoms with Gasteiger partial charge in [0.05, 0.1) is 4.90 Å². The van der Waals surface area contributed by atoms with Gasteiger partial charge in [0.15, 0.2) is 0 Å². The van der Waals surface area contributed by atoms with Gasteiger partial charge in [-0.25, -0.2) is 8.42 Å². The average Bonchev–Trinajstić information content (AvgIpc) is 3.02. The number of amides is 1. The van der Waals surface area contributed by atoms with Crippen molar-refractivity contribution in [2.45, 2.75) is 31.6 Å². The van der Waals surface area contributed by atoms with Crippen molar-refractivity contribution in [1.29, 1.82) is 0 Å². The molecular weight excluding hydrogens is 288 g/mol. The number of hydrogen-bond acceptors (Lipinski definition) is 3. The van der Waals surface area contributed by atoms with E-state index >= 15 is 0 Å². The predicted octanol–water partition coefficient (Wildman–Crippen LogP) is 1.95. The Balaban J connectivity index is 2.31. The SMILES string of the molecule is CCN(CC)S(=O)(=O)c1cccc(C(=O)N2CCCC2)c1. The largest absolute Gasteiger partial charge is 0.339 e. The average molecular weight is 310 g/mol. The minimum atomic E-state index is -3.52. The van der Waals surface area contributed by atoms with E-state index in [1.165, 1.54) is 10.4 Å². The van der Waals surface area contributed by atoms with Crippen molar-refractivity contribution in [1.82, 2.24) is 9.21 Å². The van der Waals surface area contributed by atoms with E-state index in [-0.39, 0.29) is 10.8 Å². The summed E-state index contributed by atoms with van der Waals surface area (Å²) in [4.78, 5) is 14.3. The summed E-state index contributed by atoms with van der Waals surface area (Å²) in [5.41, 5.74) is 0.449. The molecule has 1 aromatic carbocycles. The minimum Gasteiger partial charge on any atom is -0.339 e. The van der Waals surface area contributed by atoms with E-state index in [1.54, 1.807) is 36.9 Å². The van der Waals surface area contributed by atoms with Crippen LogP contribution >= 0.6 is 0 Å². The first-order valence-corrected chi connectivity index (χ1v) is 8.84. The first-order chi connectivity index (χ1) is 10.0. The Morgan fingerprint density at radius 3 is 2.38 bits per heavy atom. The lowest BCUT2D eigenvalue weighted by Gasteiger charge is -2.19. The van der Waals surface area contributed by atoms with Crippen LogP contribution in [0.1, 0.15) is 37.0 Å². The van der Waals surface area contributed by atoms with E-state index in [0.717, 1.165) is 25.9 Å². The summed E-state index contributed by atoms with van der Waals surface area (Å²) < 4.78 is 26.4. The van der Waals surface area contributed by atoms with Gasteiger partial charge in [0.1, 0.15) is 0 Å². The maximum absolute atomic E-state index is 12.5. The topological polar surface area (TPSA) is 57.7 Å². The van der Waals surface area contributed by atoms with Gasteiger partial charge in [0.2, 0.25) is 10.0 Å². The van der Waals surface area contributed by atoms with Crippen LogP contribution in [-0.2, 0) is 10.0 Å². The van der Waals surface area contributed by atoms with E-state index in [2.05, 4.69) is 0 Å². The number of benzene rings is 1. The Morgan fingerprint density at radius 1 is 1.19 bits per heavy atom. The zero-order valence-electron chi connectivity index (χ0n) is 12.6. The molecule has 0 aliphatic carbocycles. The first kappa shape index (κ1) is 16.0. The van der Waals surface area contributed by atoms with Gasteiger partial charge in [0, 0.05) is 31.7 Å². The molecule has 0 spiro atoms. The Kier molecular flexibility index (Phi) is 5.00. The molecule has 1 amide bonds. The summed E-state index contributed by atoms with van der Waals surface area (Å²) in [5.74, 6) is -0.0795. The van der Waals surface area contributed by atoms with Gasteiger partial charge in [-0.05, 0) is 31.0 Å². The van der Waals surface area contributed by atoms with Crippen LogP contribution in [0.5, 0.6) is 0 Å². The highest BCUT2D eigenvalue weighted by molar-refractivity contribution is 7.89. The molecule has 5 nitrogen and oxygen atoms in total. The Hall–Kier alpha value is -1.40. The lowest BCUT2D eigenvalue weighted by molar-refractivity contribution is 0.0792. The maximum atomic E-state index is 12.5. The Bertz CT molecular complexity index is 603. The molecule has 0 N–H and O–H groups in total. The smallest absolute Gasteiger partial charge is 0.253 e. The fraction of sp³-hybridized carbons (Fsp3) is 0.533. The molecular formula is C15H22N2O3S. The molecule has 1 heterocycles. The molecule has 1 aliphatic rings. The van der Waals surface area contributed by atoms with Gasteiger partial charge >= 0.3 is 0 Å². The number of rotatable bonds is 5. The second-order valence-corrected chi connectivity index (χ2v) is 7.05. The minimum absolute atomic E-state index is 0.0795. The maximum Gasteiger partial charge on any atom is 0.253 e. The summed E-state index contributed by atoms with van der Waals surface area (Å²) in [6.07, 6.45) is 2.03. The van der Waals surface area contributed by atoms with Crippen LogP contribution in [0.3, 0.4) is 0 Å². The van der Waals surface area contributed by atoms with E-state index in [4.69, 9.17) is 0 Å². The van der Waals surface area contributed by atoms with Crippen molar-refractivity contribution < 1.29 is 13.2 Å². The summed E-state index contributed by atoms with van der Waals surface area (Å²) in [5, 5.41) is 0. The van der Waals surface area contributed by atoms with Crippen LogP contribution in [0.25, 0.3) is 0 Å². The van der Waals surface area contributed by atoms with Gasteiger partial charge in [-0.2, -0.15) is 4.31 Å². The Morgan fingerprint density at radius 2 is 1.81 bits per heavy atom. The number of hydrogen-bond donors (Lipinski definition) is 0. The lowest BCUT2D eigenvalue weighted by Crippen LogP contribution is -2.31. The van der Waals surface area contributed by atoms with Crippen LogP contribution < -0.4 is 0 Å². The monoisotopic (exact) mass is 310 g/mol. The molecule has 0 unspecified atom stereocenters. The van der Waals surface area contributed by atoms with Crippen LogP contribution in [0.2, 0.25) is 0 Å². The molecule has 1 saturated heterocycles. The van der Waals surface area contributed by atoms with Gasteiger partial charge in [-0.1, -0.05) is 19.9 Å². The number of nitrogens with zero attached hydrogens (tertiary/aromatic N) is 2. The van der Waals surface area contributed by atoms with E-state index < -0.39 is 10.0 Å². The fourth-order valence-corrected chi connectivity index (χ4v) is 4.11. The zero-order valence-corrected chi connectivity index (χ0v) is 13.4. The number of sulfonamides is 1. The van der Waals surface area contributed by atoms with Gasteiger partial charge in [-0.15, -0.1) is 0 Å². The highest BCUT2D eigenvalue weighted by atomic mass is 32.2. The van der Waals surface area contributed by atoms with Crippen molar-refractivity contribution in [3.05, 3.63) is 29.8 Å². The second kappa shape index (κ2) is 6.58. The molecule has 0 bridgehead atoms. The summed E-state index contributed by atoms with van der Waals surface area (Å²) in [6.45, 7) is 5.96. The molecule has 0 saturated carbocycles. The van der Waals surface area contributed by atoms with Crippen molar-refractivity contribution >= 4 is 15.9 Å². The fourth-order valence-electron chi connectivity index (χ4n) is 2.60. The standard InChI is InChI=1S/C15H22N2O3S/c1-3-17(4-2)21(19,20)14-9-7-8-13(12-14)15(18)16-10-5-6-11-16/h7-9,12H,3-6,10-11H2,1-2H3. The van der Waals surface area contributed by atoms with E-state index in [9.17, 15) is 13.2 Å².